The zero-order valence-electron chi connectivity index (χ0n) is 19.6. The summed E-state index contributed by atoms with van der Waals surface area (Å²) in [5.74, 6) is -0.443. The second-order valence-corrected chi connectivity index (χ2v) is 9.36. The van der Waals surface area contributed by atoms with E-state index in [4.69, 9.17) is 0 Å². The lowest BCUT2D eigenvalue weighted by molar-refractivity contribution is -0.131. The van der Waals surface area contributed by atoms with Gasteiger partial charge < -0.3 is 14.4 Å². The summed E-state index contributed by atoms with van der Waals surface area (Å²) in [7, 11) is 1.99. The van der Waals surface area contributed by atoms with Gasteiger partial charge in [0.05, 0.1) is 11.7 Å². The minimum atomic E-state index is -0.420. The van der Waals surface area contributed by atoms with Gasteiger partial charge in [0.1, 0.15) is 12.4 Å². The molecule has 2 amide bonds. The van der Waals surface area contributed by atoms with E-state index < -0.39 is 6.04 Å². The summed E-state index contributed by atoms with van der Waals surface area (Å²) in [6, 6.07) is 21.8. The molecule has 176 valence electrons. The standard InChI is InChI=1S/C29H26FN3O2/c1-31-24-11-5-4-10-23(24)26(27(31)19-12-14-20(30)15-13-19)28-21-8-2-3-9-22(21)29(35)33(28)18-25(34)32-16-6-7-17-32/h2-5,8-15,28H,6-7,16-18H2,1H3. The van der Waals surface area contributed by atoms with Crippen LogP contribution in [0.25, 0.3) is 22.2 Å². The molecule has 0 spiro atoms. The number of likely N-dealkylation sites (tertiary alicyclic amines) is 1. The quantitative estimate of drug-likeness (QED) is 0.417. The molecule has 1 fully saturated rings. The van der Waals surface area contributed by atoms with Gasteiger partial charge in [-0.05, 0) is 60.4 Å². The second-order valence-electron chi connectivity index (χ2n) is 9.36. The van der Waals surface area contributed by atoms with Crippen LogP contribution in [0.5, 0.6) is 0 Å². The third-order valence-corrected chi connectivity index (χ3v) is 7.36. The molecule has 3 heterocycles. The largest absolute Gasteiger partial charge is 0.343 e. The lowest BCUT2D eigenvalue weighted by atomic mass is 9.93. The molecule has 35 heavy (non-hydrogen) atoms. The van der Waals surface area contributed by atoms with Crippen molar-refractivity contribution in [2.75, 3.05) is 19.6 Å². The first-order valence-electron chi connectivity index (χ1n) is 12.1. The molecule has 1 aromatic heterocycles. The number of hydrogen-bond donors (Lipinski definition) is 0. The Morgan fingerprint density at radius 3 is 2.40 bits per heavy atom. The summed E-state index contributed by atoms with van der Waals surface area (Å²) in [5.41, 5.74) is 5.28. The van der Waals surface area contributed by atoms with Gasteiger partial charge >= 0.3 is 0 Å². The Bertz CT molecular complexity index is 1450. The van der Waals surface area contributed by atoms with Gasteiger partial charge in [0.25, 0.3) is 5.91 Å². The van der Waals surface area contributed by atoms with Crippen LogP contribution in [-0.4, -0.2) is 45.8 Å². The van der Waals surface area contributed by atoms with Crippen LogP contribution < -0.4 is 0 Å². The van der Waals surface area contributed by atoms with Crippen LogP contribution in [0.15, 0.2) is 72.8 Å². The highest BCUT2D eigenvalue weighted by molar-refractivity contribution is 6.03. The van der Waals surface area contributed by atoms with Gasteiger partial charge in [0.2, 0.25) is 5.91 Å². The molecule has 0 saturated carbocycles. The lowest BCUT2D eigenvalue weighted by Gasteiger charge is -2.28. The molecule has 2 aliphatic rings. The number of carbonyl (C=O) groups is 2. The molecule has 0 N–H and O–H groups in total. The van der Waals surface area contributed by atoms with E-state index in [1.54, 1.807) is 17.0 Å². The van der Waals surface area contributed by atoms with E-state index in [9.17, 15) is 14.0 Å². The van der Waals surface area contributed by atoms with Gasteiger partial charge in [0, 0.05) is 42.2 Å². The van der Waals surface area contributed by atoms with E-state index in [1.165, 1.54) is 12.1 Å². The minimum absolute atomic E-state index is 0.0165. The molecule has 6 rings (SSSR count). The number of aromatic nitrogens is 1. The van der Waals surface area contributed by atoms with Crippen molar-refractivity contribution >= 4 is 22.7 Å². The number of benzene rings is 3. The summed E-state index contributed by atoms with van der Waals surface area (Å²) in [4.78, 5) is 30.5. The van der Waals surface area contributed by atoms with Crippen molar-refractivity contribution in [2.45, 2.75) is 18.9 Å². The van der Waals surface area contributed by atoms with E-state index in [0.29, 0.717) is 5.56 Å². The zero-order chi connectivity index (χ0) is 24.1. The second kappa shape index (κ2) is 8.38. The maximum absolute atomic E-state index is 13.8. The fourth-order valence-electron chi connectivity index (χ4n) is 5.71. The fraction of sp³-hybridized carbons (Fsp3) is 0.241. The number of carbonyl (C=O) groups excluding carboxylic acids is 2. The molecular weight excluding hydrogens is 441 g/mol. The van der Waals surface area contributed by atoms with Gasteiger partial charge in [-0.15, -0.1) is 0 Å². The Balaban J connectivity index is 1.57. The first-order chi connectivity index (χ1) is 17.0. The van der Waals surface area contributed by atoms with E-state index in [1.807, 2.05) is 54.4 Å². The molecule has 1 atom stereocenters. The molecule has 5 nitrogen and oxygen atoms in total. The van der Waals surface area contributed by atoms with Gasteiger partial charge in [-0.1, -0.05) is 36.4 Å². The topological polar surface area (TPSA) is 45.6 Å². The maximum Gasteiger partial charge on any atom is 0.255 e. The van der Waals surface area contributed by atoms with Crippen molar-refractivity contribution < 1.29 is 14.0 Å². The minimum Gasteiger partial charge on any atom is -0.343 e. The van der Waals surface area contributed by atoms with E-state index >= 15 is 0 Å². The van der Waals surface area contributed by atoms with E-state index in [-0.39, 0.29) is 24.2 Å². The van der Waals surface area contributed by atoms with Crippen molar-refractivity contribution in [1.82, 2.24) is 14.4 Å². The summed E-state index contributed by atoms with van der Waals surface area (Å²) in [5, 5.41) is 1.02. The Kier molecular flexibility index (Phi) is 5.17. The number of hydrogen-bond acceptors (Lipinski definition) is 2. The molecule has 1 saturated heterocycles. The molecule has 2 aliphatic heterocycles. The van der Waals surface area contributed by atoms with Crippen LogP contribution in [0.4, 0.5) is 4.39 Å². The van der Waals surface area contributed by atoms with E-state index in [2.05, 4.69) is 10.6 Å². The highest BCUT2D eigenvalue weighted by atomic mass is 19.1. The third kappa shape index (κ3) is 3.43. The van der Waals surface area contributed by atoms with Crippen molar-refractivity contribution in [2.24, 2.45) is 7.05 Å². The number of rotatable bonds is 4. The summed E-state index contributed by atoms with van der Waals surface area (Å²) in [6.45, 7) is 1.52. The smallest absolute Gasteiger partial charge is 0.255 e. The molecule has 6 heteroatoms. The van der Waals surface area contributed by atoms with Crippen molar-refractivity contribution in [3.8, 4) is 11.3 Å². The molecular formula is C29H26FN3O2. The summed E-state index contributed by atoms with van der Waals surface area (Å²) < 4.78 is 15.9. The number of fused-ring (bicyclic) bond motifs is 2. The van der Waals surface area contributed by atoms with E-state index in [0.717, 1.165) is 59.2 Å². The average molecular weight is 468 g/mol. The average Bonchev–Trinajstić information content (AvgIpc) is 3.58. The monoisotopic (exact) mass is 467 g/mol. The maximum atomic E-state index is 13.8. The Morgan fingerprint density at radius 2 is 1.63 bits per heavy atom. The Hall–Kier alpha value is -3.93. The molecule has 4 aromatic rings. The predicted molar refractivity (Wildman–Crippen MR) is 133 cm³/mol. The van der Waals surface area contributed by atoms with Crippen LogP contribution in [0.3, 0.4) is 0 Å². The molecule has 0 bridgehead atoms. The van der Waals surface area contributed by atoms with Crippen LogP contribution in [-0.2, 0) is 11.8 Å². The molecule has 0 radical (unpaired) electrons. The number of aryl methyl sites for hydroxylation is 1. The molecule has 3 aromatic carbocycles. The SMILES string of the molecule is Cn1c(-c2ccc(F)cc2)c(C2c3ccccc3C(=O)N2CC(=O)N2CCCC2)c2ccccc21. The van der Waals surface area contributed by atoms with Gasteiger partial charge in [-0.3, -0.25) is 9.59 Å². The number of para-hydroxylation sites is 1. The van der Waals surface area contributed by atoms with Gasteiger partial charge in [-0.25, -0.2) is 4.39 Å². The van der Waals surface area contributed by atoms with Crippen molar-refractivity contribution in [3.63, 3.8) is 0 Å². The summed E-state index contributed by atoms with van der Waals surface area (Å²) in [6.07, 6.45) is 2.00. The highest BCUT2D eigenvalue weighted by Crippen LogP contribution is 2.46. The van der Waals surface area contributed by atoms with Crippen LogP contribution >= 0.6 is 0 Å². The van der Waals surface area contributed by atoms with Crippen LogP contribution in [0, 0.1) is 5.82 Å². The van der Waals surface area contributed by atoms with Crippen molar-refractivity contribution in [3.05, 3.63) is 95.3 Å². The molecule has 1 unspecified atom stereocenters. The zero-order valence-corrected chi connectivity index (χ0v) is 19.6. The Labute approximate surface area is 203 Å². The Morgan fingerprint density at radius 1 is 0.943 bits per heavy atom. The first-order valence-corrected chi connectivity index (χ1v) is 12.1. The van der Waals surface area contributed by atoms with Gasteiger partial charge in [0.15, 0.2) is 0 Å². The predicted octanol–water partition coefficient (Wildman–Crippen LogP) is 5.15. The number of amides is 2. The summed E-state index contributed by atoms with van der Waals surface area (Å²) >= 11 is 0. The number of halogens is 1. The van der Waals surface area contributed by atoms with Gasteiger partial charge in [-0.2, -0.15) is 0 Å². The third-order valence-electron chi connectivity index (χ3n) is 7.36. The fourth-order valence-corrected chi connectivity index (χ4v) is 5.71. The number of nitrogens with zero attached hydrogens (tertiary/aromatic N) is 3. The van der Waals surface area contributed by atoms with Crippen LogP contribution in [0.1, 0.15) is 40.4 Å². The first kappa shape index (κ1) is 21.6. The molecule has 0 aliphatic carbocycles. The van der Waals surface area contributed by atoms with Crippen LogP contribution in [0.2, 0.25) is 0 Å². The van der Waals surface area contributed by atoms with Crippen molar-refractivity contribution in [1.29, 1.82) is 0 Å². The highest BCUT2D eigenvalue weighted by Gasteiger charge is 2.42. The lowest BCUT2D eigenvalue weighted by Crippen LogP contribution is -2.41. The normalized spacial score (nSPS) is 17.4.